The number of carbonyl (C=O) groups excluding carboxylic acids is 2. The number of carbonyl (C=O) groups is 3. The SMILES string of the molecule is O=C(ON[C@H](CNC(=O)c1cc2ncccc2s1)C(=O)O)c1ccccc1. The van der Waals surface area contributed by atoms with Crippen molar-refractivity contribution in [1.29, 1.82) is 0 Å². The summed E-state index contributed by atoms with van der Waals surface area (Å²) in [6.45, 7) is -0.266. The Morgan fingerprint density at radius 2 is 1.93 bits per heavy atom. The molecule has 1 amide bonds. The summed E-state index contributed by atoms with van der Waals surface area (Å²) in [6, 6.07) is 12.1. The highest BCUT2D eigenvalue weighted by molar-refractivity contribution is 7.20. The number of aliphatic carboxylic acids is 1. The minimum absolute atomic E-state index is 0.266. The third kappa shape index (κ3) is 4.66. The molecule has 8 nitrogen and oxygen atoms in total. The Labute approximate surface area is 157 Å². The van der Waals surface area contributed by atoms with Crippen LogP contribution in [0.1, 0.15) is 20.0 Å². The van der Waals surface area contributed by atoms with Gasteiger partial charge in [0.05, 0.1) is 20.7 Å². The number of hydroxylamine groups is 1. The van der Waals surface area contributed by atoms with Crippen LogP contribution < -0.4 is 10.8 Å². The Hall–Kier alpha value is -3.30. The number of carboxylic acid groups (broad SMARTS) is 1. The molecule has 0 aliphatic heterocycles. The number of pyridine rings is 1. The van der Waals surface area contributed by atoms with E-state index < -0.39 is 23.9 Å². The van der Waals surface area contributed by atoms with Gasteiger partial charge in [-0.25, -0.2) is 4.79 Å². The van der Waals surface area contributed by atoms with Crippen LogP contribution >= 0.6 is 11.3 Å². The zero-order chi connectivity index (χ0) is 19.2. The van der Waals surface area contributed by atoms with Crippen LogP contribution in [0.4, 0.5) is 0 Å². The monoisotopic (exact) mass is 385 g/mol. The number of nitrogens with one attached hydrogen (secondary N) is 2. The molecular formula is C18H15N3O5S. The van der Waals surface area contributed by atoms with Gasteiger partial charge in [0.25, 0.3) is 5.91 Å². The molecule has 1 atom stereocenters. The average Bonchev–Trinajstić information content (AvgIpc) is 3.12. The smallest absolute Gasteiger partial charge is 0.356 e. The van der Waals surface area contributed by atoms with Crippen LogP contribution in [0.25, 0.3) is 10.2 Å². The fraction of sp³-hybridized carbons (Fsp3) is 0.111. The van der Waals surface area contributed by atoms with Crippen LogP contribution in [0.2, 0.25) is 0 Å². The zero-order valence-corrected chi connectivity index (χ0v) is 14.7. The molecule has 0 spiro atoms. The molecule has 0 unspecified atom stereocenters. The van der Waals surface area contributed by atoms with Gasteiger partial charge in [-0.05, 0) is 30.3 Å². The summed E-state index contributed by atoms with van der Waals surface area (Å²) in [5, 5.41) is 11.8. The molecule has 27 heavy (non-hydrogen) atoms. The van der Waals surface area contributed by atoms with Gasteiger partial charge in [-0.1, -0.05) is 18.2 Å². The molecule has 0 radical (unpaired) electrons. The molecule has 1 aromatic carbocycles. The molecule has 9 heteroatoms. The lowest BCUT2D eigenvalue weighted by Crippen LogP contribution is -2.46. The zero-order valence-electron chi connectivity index (χ0n) is 13.9. The van der Waals surface area contributed by atoms with Crippen LogP contribution in [-0.2, 0) is 9.63 Å². The number of benzene rings is 1. The van der Waals surface area contributed by atoms with E-state index in [-0.39, 0.29) is 12.1 Å². The first-order valence-electron chi connectivity index (χ1n) is 7.92. The van der Waals surface area contributed by atoms with Gasteiger partial charge in [-0.3, -0.25) is 14.6 Å². The van der Waals surface area contributed by atoms with Gasteiger partial charge in [0.15, 0.2) is 6.04 Å². The highest BCUT2D eigenvalue weighted by Gasteiger charge is 2.21. The van der Waals surface area contributed by atoms with E-state index in [1.165, 1.54) is 23.5 Å². The fourth-order valence-electron chi connectivity index (χ4n) is 2.20. The molecule has 3 aromatic rings. The van der Waals surface area contributed by atoms with E-state index in [2.05, 4.69) is 15.8 Å². The number of fused-ring (bicyclic) bond motifs is 1. The molecular weight excluding hydrogens is 370 g/mol. The quantitative estimate of drug-likeness (QED) is 0.531. The first kappa shape index (κ1) is 18.5. The van der Waals surface area contributed by atoms with Crippen molar-refractivity contribution in [3.8, 4) is 0 Å². The van der Waals surface area contributed by atoms with E-state index >= 15 is 0 Å². The van der Waals surface area contributed by atoms with Crippen LogP contribution in [0.3, 0.4) is 0 Å². The Morgan fingerprint density at radius 1 is 1.15 bits per heavy atom. The van der Waals surface area contributed by atoms with Gasteiger partial charge in [0.2, 0.25) is 0 Å². The van der Waals surface area contributed by atoms with Gasteiger partial charge < -0.3 is 15.3 Å². The summed E-state index contributed by atoms with van der Waals surface area (Å²) in [7, 11) is 0. The molecule has 2 heterocycles. The maximum Gasteiger partial charge on any atom is 0.356 e. The molecule has 0 aliphatic carbocycles. The van der Waals surface area contributed by atoms with Crippen LogP contribution in [0.5, 0.6) is 0 Å². The van der Waals surface area contributed by atoms with Crippen molar-refractivity contribution in [3.63, 3.8) is 0 Å². The number of nitrogens with zero attached hydrogens (tertiary/aromatic N) is 1. The van der Waals surface area contributed by atoms with Gasteiger partial charge in [-0.2, -0.15) is 0 Å². The second kappa shape index (κ2) is 8.39. The second-order valence-corrected chi connectivity index (χ2v) is 6.56. The van der Waals surface area contributed by atoms with Crippen molar-refractivity contribution in [2.75, 3.05) is 6.54 Å². The van der Waals surface area contributed by atoms with Crippen molar-refractivity contribution in [1.82, 2.24) is 15.8 Å². The van der Waals surface area contributed by atoms with Gasteiger partial charge >= 0.3 is 11.9 Å². The Kier molecular flexibility index (Phi) is 5.74. The van der Waals surface area contributed by atoms with Crippen LogP contribution in [0.15, 0.2) is 54.7 Å². The predicted molar refractivity (Wildman–Crippen MR) is 98.4 cm³/mol. The third-order valence-electron chi connectivity index (χ3n) is 3.58. The summed E-state index contributed by atoms with van der Waals surface area (Å²) in [6.07, 6.45) is 1.63. The van der Waals surface area contributed by atoms with Gasteiger partial charge in [0, 0.05) is 12.7 Å². The second-order valence-electron chi connectivity index (χ2n) is 5.47. The fourth-order valence-corrected chi connectivity index (χ4v) is 3.14. The predicted octanol–water partition coefficient (Wildman–Crippen LogP) is 1.84. The lowest BCUT2D eigenvalue weighted by Gasteiger charge is -2.14. The Balaban J connectivity index is 1.57. The average molecular weight is 385 g/mol. The topological polar surface area (TPSA) is 118 Å². The number of aromatic nitrogens is 1. The number of hydrogen-bond acceptors (Lipinski definition) is 7. The highest BCUT2D eigenvalue weighted by Crippen LogP contribution is 2.23. The van der Waals surface area contributed by atoms with E-state index in [0.717, 1.165) is 4.70 Å². The number of carboxylic acids is 1. The lowest BCUT2D eigenvalue weighted by atomic mass is 10.2. The standard InChI is InChI=1S/C18H15N3O5S/c22-16(15-9-12-14(27-15)7-4-8-19-12)20-10-13(17(23)24)21-26-18(25)11-5-2-1-3-6-11/h1-9,13,21H,10H2,(H,20,22)(H,23,24)/t13-/m1/s1. The first-order chi connectivity index (χ1) is 13.0. The minimum Gasteiger partial charge on any atom is -0.480 e. The van der Waals surface area contributed by atoms with E-state index in [9.17, 15) is 19.5 Å². The Morgan fingerprint density at radius 3 is 2.63 bits per heavy atom. The van der Waals surface area contributed by atoms with Crippen LogP contribution in [0, 0.1) is 0 Å². The van der Waals surface area contributed by atoms with E-state index in [0.29, 0.717) is 10.4 Å². The number of rotatable bonds is 7. The largest absolute Gasteiger partial charge is 0.480 e. The summed E-state index contributed by atoms with van der Waals surface area (Å²) in [5.41, 5.74) is 3.14. The summed E-state index contributed by atoms with van der Waals surface area (Å²) < 4.78 is 0.854. The summed E-state index contributed by atoms with van der Waals surface area (Å²) >= 11 is 1.25. The number of amides is 1. The van der Waals surface area contributed by atoms with Gasteiger partial charge in [0.1, 0.15) is 0 Å². The molecule has 3 N–H and O–H groups in total. The molecule has 0 fully saturated rings. The maximum atomic E-state index is 12.2. The molecule has 2 aromatic heterocycles. The first-order valence-corrected chi connectivity index (χ1v) is 8.73. The highest BCUT2D eigenvalue weighted by atomic mass is 32.1. The van der Waals surface area contributed by atoms with E-state index in [4.69, 9.17) is 4.84 Å². The lowest BCUT2D eigenvalue weighted by molar-refractivity contribution is -0.142. The van der Waals surface area contributed by atoms with Crippen molar-refractivity contribution in [2.45, 2.75) is 6.04 Å². The van der Waals surface area contributed by atoms with Gasteiger partial charge in [-0.15, -0.1) is 16.8 Å². The van der Waals surface area contributed by atoms with Crippen molar-refractivity contribution in [3.05, 3.63) is 65.2 Å². The Bertz CT molecular complexity index is 940. The van der Waals surface area contributed by atoms with E-state index in [1.807, 2.05) is 6.07 Å². The van der Waals surface area contributed by atoms with Crippen molar-refractivity contribution >= 4 is 39.4 Å². The number of thiophene rings is 1. The molecule has 0 aliphatic rings. The van der Waals surface area contributed by atoms with E-state index in [1.54, 1.807) is 36.5 Å². The molecule has 138 valence electrons. The van der Waals surface area contributed by atoms with Crippen molar-refractivity contribution in [2.24, 2.45) is 0 Å². The molecule has 3 rings (SSSR count). The molecule has 0 bridgehead atoms. The summed E-state index contributed by atoms with van der Waals surface area (Å²) in [5.74, 6) is -2.42. The number of hydrogen-bond donors (Lipinski definition) is 3. The summed E-state index contributed by atoms with van der Waals surface area (Å²) in [4.78, 5) is 44.8. The normalized spacial score (nSPS) is 11.7. The maximum absolute atomic E-state index is 12.2. The molecule has 0 saturated heterocycles. The van der Waals surface area contributed by atoms with Crippen molar-refractivity contribution < 1.29 is 24.3 Å². The molecule has 0 saturated carbocycles. The van der Waals surface area contributed by atoms with Crippen LogP contribution in [-0.4, -0.2) is 40.5 Å². The third-order valence-corrected chi connectivity index (χ3v) is 4.67. The minimum atomic E-state index is -1.30.